The molecule has 0 spiro atoms. The van der Waals surface area contributed by atoms with Crippen molar-refractivity contribution in [1.29, 1.82) is 0 Å². The second kappa shape index (κ2) is 6.34. The standard InChI is InChI=1S/C14H20N2O4S/c1-3-9-21(18,19)16-8-4-5-11-6-7-12(10-13(11)16)15-14(17)20-2/h6-7,10H,3-5,8-9H2,1-2H3,(H,15,17). The SMILES string of the molecule is CCCS(=O)(=O)N1CCCc2ccc(NC(=O)OC)cc21. The zero-order valence-electron chi connectivity index (χ0n) is 12.3. The number of anilines is 2. The van der Waals surface area contributed by atoms with Gasteiger partial charge in [0.05, 0.1) is 18.6 Å². The fourth-order valence-corrected chi connectivity index (χ4v) is 4.06. The van der Waals surface area contributed by atoms with Gasteiger partial charge in [-0.05, 0) is 37.0 Å². The van der Waals surface area contributed by atoms with Crippen molar-refractivity contribution in [3.05, 3.63) is 23.8 Å². The molecular formula is C14H20N2O4S. The zero-order valence-corrected chi connectivity index (χ0v) is 13.1. The molecule has 7 heteroatoms. The van der Waals surface area contributed by atoms with Crippen molar-refractivity contribution in [2.24, 2.45) is 0 Å². The third kappa shape index (κ3) is 3.47. The van der Waals surface area contributed by atoms with Gasteiger partial charge in [-0.25, -0.2) is 13.2 Å². The quantitative estimate of drug-likeness (QED) is 0.926. The van der Waals surface area contributed by atoms with Crippen LogP contribution in [0.5, 0.6) is 0 Å². The van der Waals surface area contributed by atoms with Crippen molar-refractivity contribution in [3.8, 4) is 0 Å². The Bertz CT molecular complexity index is 628. The van der Waals surface area contributed by atoms with Crippen LogP contribution in [0.25, 0.3) is 0 Å². The first kappa shape index (κ1) is 15.6. The Morgan fingerprint density at radius 2 is 2.19 bits per heavy atom. The Labute approximate surface area is 125 Å². The molecule has 1 aliphatic rings. The molecule has 0 atom stereocenters. The van der Waals surface area contributed by atoms with Crippen LogP contribution in [-0.2, 0) is 21.2 Å². The summed E-state index contributed by atoms with van der Waals surface area (Å²) in [6, 6.07) is 5.30. The number of nitrogens with one attached hydrogen (secondary N) is 1. The van der Waals surface area contributed by atoms with E-state index in [0.29, 0.717) is 24.3 Å². The van der Waals surface area contributed by atoms with E-state index in [1.165, 1.54) is 11.4 Å². The number of amides is 1. The van der Waals surface area contributed by atoms with Crippen molar-refractivity contribution < 1.29 is 17.9 Å². The van der Waals surface area contributed by atoms with Gasteiger partial charge in [0.25, 0.3) is 0 Å². The first-order valence-electron chi connectivity index (χ1n) is 6.96. The summed E-state index contributed by atoms with van der Waals surface area (Å²) in [5.74, 6) is 0.126. The van der Waals surface area contributed by atoms with Crippen molar-refractivity contribution in [1.82, 2.24) is 0 Å². The highest BCUT2D eigenvalue weighted by Crippen LogP contribution is 2.32. The van der Waals surface area contributed by atoms with Gasteiger partial charge in [0, 0.05) is 12.2 Å². The number of benzene rings is 1. The molecule has 1 amide bonds. The Morgan fingerprint density at radius 3 is 2.86 bits per heavy atom. The van der Waals surface area contributed by atoms with Crippen LogP contribution in [0.1, 0.15) is 25.3 Å². The minimum atomic E-state index is -3.31. The summed E-state index contributed by atoms with van der Waals surface area (Å²) >= 11 is 0. The van der Waals surface area contributed by atoms with Gasteiger partial charge in [0.2, 0.25) is 10.0 Å². The van der Waals surface area contributed by atoms with E-state index in [0.717, 1.165) is 18.4 Å². The van der Waals surface area contributed by atoms with E-state index in [2.05, 4.69) is 10.1 Å². The number of ether oxygens (including phenoxy) is 1. The molecule has 1 aromatic rings. The average molecular weight is 312 g/mol. The van der Waals surface area contributed by atoms with Gasteiger partial charge < -0.3 is 4.74 Å². The molecule has 2 rings (SSSR count). The van der Waals surface area contributed by atoms with Crippen LogP contribution >= 0.6 is 0 Å². The van der Waals surface area contributed by atoms with Crippen LogP contribution in [0.4, 0.5) is 16.2 Å². The van der Waals surface area contributed by atoms with E-state index < -0.39 is 16.1 Å². The molecule has 21 heavy (non-hydrogen) atoms. The number of methoxy groups -OCH3 is 1. The number of rotatable bonds is 4. The molecule has 1 heterocycles. The number of carbonyl (C=O) groups is 1. The van der Waals surface area contributed by atoms with E-state index in [1.54, 1.807) is 12.1 Å². The van der Waals surface area contributed by atoms with Crippen molar-refractivity contribution in [2.75, 3.05) is 29.0 Å². The number of aryl methyl sites for hydroxylation is 1. The number of hydrogen-bond acceptors (Lipinski definition) is 4. The monoisotopic (exact) mass is 312 g/mol. The summed E-state index contributed by atoms with van der Waals surface area (Å²) in [7, 11) is -2.02. The summed E-state index contributed by atoms with van der Waals surface area (Å²) in [5, 5.41) is 2.56. The third-order valence-corrected chi connectivity index (χ3v) is 5.37. The van der Waals surface area contributed by atoms with Crippen molar-refractivity contribution in [2.45, 2.75) is 26.2 Å². The molecule has 6 nitrogen and oxygen atoms in total. The molecule has 116 valence electrons. The lowest BCUT2D eigenvalue weighted by atomic mass is 10.0. The number of sulfonamides is 1. The molecule has 0 aromatic heterocycles. The highest BCUT2D eigenvalue weighted by molar-refractivity contribution is 7.92. The maximum absolute atomic E-state index is 12.4. The summed E-state index contributed by atoms with van der Waals surface area (Å²) < 4.78 is 30.7. The smallest absolute Gasteiger partial charge is 0.411 e. The van der Waals surface area contributed by atoms with Gasteiger partial charge in [-0.3, -0.25) is 9.62 Å². The van der Waals surface area contributed by atoms with Gasteiger partial charge in [-0.15, -0.1) is 0 Å². The summed E-state index contributed by atoms with van der Waals surface area (Å²) in [6.07, 6.45) is 1.65. The molecule has 1 aliphatic heterocycles. The van der Waals surface area contributed by atoms with Crippen LogP contribution in [0.2, 0.25) is 0 Å². The molecule has 0 radical (unpaired) electrons. The molecule has 0 bridgehead atoms. The Kier molecular flexibility index (Phi) is 4.72. The molecule has 1 N–H and O–H groups in total. The van der Waals surface area contributed by atoms with Gasteiger partial charge in [-0.1, -0.05) is 13.0 Å². The van der Waals surface area contributed by atoms with Crippen LogP contribution in [0.3, 0.4) is 0 Å². The Morgan fingerprint density at radius 1 is 1.43 bits per heavy atom. The molecule has 0 unspecified atom stereocenters. The van der Waals surface area contributed by atoms with Gasteiger partial charge in [-0.2, -0.15) is 0 Å². The van der Waals surface area contributed by atoms with Gasteiger partial charge in [0.1, 0.15) is 0 Å². The predicted octanol–water partition coefficient (Wildman–Crippen LogP) is 2.36. The van der Waals surface area contributed by atoms with E-state index in [1.807, 2.05) is 13.0 Å². The maximum Gasteiger partial charge on any atom is 0.411 e. The first-order chi connectivity index (χ1) is 9.97. The van der Waals surface area contributed by atoms with E-state index >= 15 is 0 Å². The Hall–Kier alpha value is -1.76. The highest BCUT2D eigenvalue weighted by atomic mass is 32.2. The first-order valence-corrected chi connectivity index (χ1v) is 8.57. The van der Waals surface area contributed by atoms with Crippen LogP contribution in [0, 0.1) is 0 Å². The van der Waals surface area contributed by atoms with E-state index in [9.17, 15) is 13.2 Å². The topological polar surface area (TPSA) is 75.7 Å². The van der Waals surface area contributed by atoms with E-state index in [4.69, 9.17) is 0 Å². The van der Waals surface area contributed by atoms with Crippen molar-refractivity contribution >= 4 is 27.5 Å². The zero-order chi connectivity index (χ0) is 15.5. The van der Waals surface area contributed by atoms with Crippen molar-refractivity contribution in [3.63, 3.8) is 0 Å². The molecule has 0 saturated carbocycles. The molecule has 0 saturated heterocycles. The second-order valence-electron chi connectivity index (χ2n) is 4.95. The minimum Gasteiger partial charge on any atom is -0.453 e. The maximum atomic E-state index is 12.4. The fraction of sp³-hybridized carbons (Fsp3) is 0.500. The fourth-order valence-electron chi connectivity index (χ4n) is 2.44. The van der Waals surface area contributed by atoms with E-state index in [-0.39, 0.29) is 5.75 Å². The number of carbonyl (C=O) groups excluding carboxylic acids is 1. The van der Waals surface area contributed by atoms with Crippen LogP contribution in [0.15, 0.2) is 18.2 Å². The number of hydrogen-bond donors (Lipinski definition) is 1. The average Bonchev–Trinajstić information content (AvgIpc) is 2.46. The van der Waals surface area contributed by atoms with Gasteiger partial charge >= 0.3 is 6.09 Å². The molecule has 0 fully saturated rings. The lowest BCUT2D eigenvalue weighted by Gasteiger charge is -2.30. The van der Waals surface area contributed by atoms with Gasteiger partial charge in [0.15, 0.2) is 0 Å². The van der Waals surface area contributed by atoms with Crippen LogP contribution < -0.4 is 9.62 Å². The largest absolute Gasteiger partial charge is 0.453 e. The lowest BCUT2D eigenvalue weighted by Crippen LogP contribution is -2.37. The second-order valence-corrected chi connectivity index (χ2v) is 6.96. The third-order valence-electron chi connectivity index (χ3n) is 3.39. The van der Waals surface area contributed by atoms with Crippen LogP contribution in [-0.4, -0.2) is 33.9 Å². The normalized spacial score (nSPS) is 14.5. The highest BCUT2D eigenvalue weighted by Gasteiger charge is 2.27. The molecule has 0 aliphatic carbocycles. The summed E-state index contributed by atoms with van der Waals surface area (Å²) in [4.78, 5) is 11.3. The number of fused-ring (bicyclic) bond motifs is 1. The number of nitrogens with zero attached hydrogens (tertiary/aromatic N) is 1. The molecular weight excluding hydrogens is 292 g/mol. The summed E-state index contributed by atoms with van der Waals surface area (Å²) in [6.45, 7) is 2.33. The molecule has 1 aromatic carbocycles. The summed E-state index contributed by atoms with van der Waals surface area (Å²) in [5.41, 5.74) is 2.17. The Balaban J connectivity index is 2.36. The lowest BCUT2D eigenvalue weighted by molar-refractivity contribution is 0.187. The predicted molar refractivity (Wildman–Crippen MR) is 82.2 cm³/mol. The minimum absolute atomic E-state index is 0.126.